The number of nitrogens with one attached hydrogen (secondary N) is 2. The van der Waals surface area contributed by atoms with Crippen molar-refractivity contribution >= 4 is 63.6 Å². The predicted octanol–water partition coefficient (Wildman–Crippen LogP) is 5.95. The second kappa shape index (κ2) is 9.70. The number of rotatable bonds is 6. The lowest BCUT2D eigenvalue weighted by atomic mass is 10.2. The van der Waals surface area contributed by atoms with Crippen LogP contribution in [-0.4, -0.2) is 24.7 Å². The van der Waals surface area contributed by atoms with Gasteiger partial charge in [0.15, 0.2) is 10.9 Å². The molecule has 158 valence electrons. The first kappa shape index (κ1) is 21.6. The molecule has 0 aliphatic carbocycles. The number of hydrogen-bond acceptors (Lipinski definition) is 3. The summed E-state index contributed by atoms with van der Waals surface area (Å²) in [6.07, 6.45) is 5.39. The molecule has 6 nitrogen and oxygen atoms in total. The molecule has 0 spiro atoms. The monoisotopic (exact) mass is 490 g/mol. The third kappa shape index (κ3) is 5.77. The number of benzene rings is 2. The summed E-state index contributed by atoms with van der Waals surface area (Å²) in [6, 6.07) is 14.9. The Kier molecular flexibility index (Phi) is 6.77. The number of halogens is 3. The zero-order valence-electron chi connectivity index (χ0n) is 16.1. The van der Waals surface area contributed by atoms with Gasteiger partial charge in [0.2, 0.25) is 0 Å². The molecular formula is C21H17Cl3N6S. The van der Waals surface area contributed by atoms with E-state index in [9.17, 15) is 0 Å². The van der Waals surface area contributed by atoms with Gasteiger partial charge in [0.05, 0.1) is 25.0 Å². The average molecular weight is 492 g/mol. The van der Waals surface area contributed by atoms with Crippen LogP contribution in [0.1, 0.15) is 11.1 Å². The Morgan fingerprint density at radius 1 is 0.903 bits per heavy atom. The number of anilines is 2. The van der Waals surface area contributed by atoms with Gasteiger partial charge in [-0.25, -0.2) is 0 Å². The highest BCUT2D eigenvalue weighted by atomic mass is 35.5. The molecule has 0 atom stereocenters. The maximum absolute atomic E-state index is 6.23. The van der Waals surface area contributed by atoms with Gasteiger partial charge in [-0.2, -0.15) is 10.2 Å². The highest BCUT2D eigenvalue weighted by molar-refractivity contribution is 7.80. The van der Waals surface area contributed by atoms with Gasteiger partial charge in [-0.1, -0.05) is 59.1 Å². The fourth-order valence-corrected chi connectivity index (χ4v) is 3.82. The molecule has 0 saturated carbocycles. The van der Waals surface area contributed by atoms with Crippen LogP contribution in [0.5, 0.6) is 0 Å². The Morgan fingerprint density at radius 2 is 1.68 bits per heavy atom. The summed E-state index contributed by atoms with van der Waals surface area (Å²) in [5.74, 6) is 0.630. The number of thiocarbonyl (C=S) groups is 1. The molecule has 0 unspecified atom stereocenters. The molecule has 0 amide bonds. The van der Waals surface area contributed by atoms with E-state index in [1.165, 1.54) is 0 Å². The van der Waals surface area contributed by atoms with Crippen molar-refractivity contribution in [3.63, 3.8) is 0 Å². The standard InChI is InChI=1S/C21H17Cl3N6S/c22-16-6-5-15(19(24)9-16)12-30-13-17(10-25-30)26-21(31)27-20-7-8-29(28-20)11-14-3-1-2-4-18(14)23/h1-10,13H,11-12H2,(H2,26,27,28,31). The van der Waals surface area contributed by atoms with Crippen LogP contribution < -0.4 is 10.6 Å². The quantitative estimate of drug-likeness (QED) is 0.327. The van der Waals surface area contributed by atoms with E-state index >= 15 is 0 Å². The highest BCUT2D eigenvalue weighted by Gasteiger charge is 2.07. The van der Waals surface area contributed by atoms with E-state index in [2.05, 4.69) is 20.8 Å². The predicted molar refractivity (Wildman–Crippen MR) is 130 cm³/mol. The maximum atomic E-state index is 6.23. The molecule has 31 heavy (non-hydrogen) atoms. The van der Waals surface area contributed by atoms with Crippen molar-refractivity contribution in [1.82, 2.24) is 19.6 Å². The first-order valence-electron chi connectivity index (χ1n) is 9.27. The fraction of sp³-hybridized carbons (Fsp3) is 0.0952. The van der Waals surface area contributed by atoms with Crippen molar-refractivity contribution in [2.24, 2.45) is 0 Å². The molecule has 0 aliphatic heterocycles. The summed E-state index contributed by atoms with van der Waals surface area (Å²) in [4.78, 5) is 0. The Balaban J connectivity index is 1.33. The van der Waals surface area contributed by atoms with Crippen LogP contribution in [0.2, 0.25) is 15.1 Å². The summed E-state index contributed by atoms with van der Waals surface area (Å²) < 4.78 is 3.55. The van der Waals surface area contributed by atoms with Crippen LogP contribution >= 0.6 is 47.0 Å². The molecule has 0 aliphatic rings. The summed E-state index contributed by atoms with van der Waals surface area (Å²) in [7, 11) is 0. The molecule has 4 rings (SSSR count). The highest BCUT2D eigenvalue weighted by Crippen LogP contribution is 2.22. The SMILES string of the molecule is S=C(Nc1cnn(Cc2ccc(Cl)cc2Cl)c1)Nc1ccn(Cc2ccccc2Cl)n1. The fourth-order valence-electron chi connectivity index (χ4n) is 2.94. The van der Waals surface area contributed by atoms with E-state index in [4.69, 9.17) is 47.0 Å². The van der Waals surface area contributed by atoms with Gasteiger partial charge in [0, 0.05) is 33.5 Å². The van der Waals surface area contributed by atoms with Crippen LogP contribution in [0.4, 0.5) is 11.5 Å². The molecule has 4 aromatic rings. The number of aromatic nitrogens is 4. The van der Waals surface area contributed by atoms with Crippen LogP contribution in [0, 0.1) is 0 Å². The number of hydrogen-bond donors (Lipinski definition) is 2. The third-order valence-corrected chi connectivity index (χ3v) is 5.57. The van der Waals surface area contributed by atoms with E-state index in [0.717, 1.165) is 16.8 Å². The van der Waals surface area contributed by atoms with Crippen LogP contribution in [0.25, 0.3) is 0 Å². The second-order valence-electron chi connectivity index (χ2n) is 6.73. The molecule has 2 heterocycles. The molecule has 0 bridgehead atoms. The molecule has 2 N–H and O–H groups in total. The topological polar surface area (TPSA) is 59.7 Å². The summed E-state index contributed by atoms with van der Waals surface area (Å²) in [6.45, 7) is 1.09. The van der Waals surface area contributed by atoms with Gasteiger partial charge in [-0.05, 0) is 41.5 Å². The van der Waals surface area contributed by atoms with Crippen molar-refractivity contribution in [3.05, 3.63) is 93.3 Å². The molecule has 0 fully saturated rings. The van der Waals surface area contributed by atoms with Crippen molar-refractivity contribution in [1.29, 1.82) is 0 Å². The van der Waals surface area contributed by atoms with Crippen molar-refractivity contribution in [3.8, 4) is 0 Å². The minimum Gasteiger partial charge on any atom is -0.330 e. The Hall–Kier alpha value is -2.58. The van der Waals surface area contributed by atoms with Gasteiger partial charge in [0.25, 0.3) is 0 Å². The molecule has 10 heteroatoms. The Morgan fingerprint density at radius 3 is 2.48 bits per heavy atom. The smallest absolute Gasteiger partial charge is 0.176 e. The first-order chi connectivity index (χ1) is 15.0. The van der Waals surface area contributed by atoms with Crippen LogP contribution in [0.3, 0.4) is 0 Å². The van der Waals surface area contributed by atoms with E-state index < -0.39 is 0 Å². The molecule has 2 aromatic carbocycles. The van der Waals surface area contributed by atoms with E-state index in [1.807, 2.05) is 48.8 Å². The zero-order chi connectivity index (χ0) is 21.8. The summed E-state index contributed by atoms with van der Waals surface area (Å²) >= 11 is 23.8. The van der Waals surface area contributed by atoms with Gasteiger partial charge in [0.1, 0.15) is 0 Å². The Labute approximate surface area is 199 Å². The maximum Gasteiger partial charge on any atom is 0.176 e. The van der Waals surface area contributed by atoms with Crippen LogP contribution in [-0.2, 0) is 13.1 Å². The van der Waals surface area contributed by atoms with Crippen LogP contribution in [0.15, 0.2) is 67.1 Å². The third-order valence-electron chi connectivity index (χ3n) is 4.41. The van der Waals surface area contributed by atoms with Gasteiger partial charge in [-0.15, -0.1) is 0 Å². The van der Waals surface area contributed by atoms with E-state index in [1.54, 1.807) is 27.7 Å². The molecule has 2 aromatic heterocycles. The lowest BCUT2D eigenvalue weighted by Crippen LogP contribution is -2.19. The van der Waals surface area contributed by atoms with E-state index in [-0.39, 0.29) is 0 Å². The molecule has 0 radical (unpaired) electrons. The van der Waals surface area contributed by atoms with Crippen molar-refractivity contribution in [2.75, 3.05) is 10.6 Å². The minimum atomic E-state index is 0.409. The second-order valence-corrected chi connectivity index (χ2v) is 8.39. The largest absolute Gasteiger partial charge is 0.330 e. The first-order valence-corrected chi connectivity index (χ1v) is 10.8. The molecular weight excluding hydrogens is 475 g/mol. The Bertz CT molecular complexity index is 1220. The summed E-state index contributed by atoms with van der Waals surface area (Å²) in [5, 5.41) is 17.3. The van der Waals surface area contributed by atoms with Gasteiger partial charge >= 0.3 is 0 Å². The average Bonchev–Trinajstić information content (AvgIpc) is 3.35. The lowest BCUT2D eigenvalue weighted by molar-refractivity contribution is 0.687. The van der Waals surface area contributed by atoms with E-state index in [0.29, 0.717) is 39.1 Å². The summed E-state index contributed by atoms with van der Waals surface area (Å²) in [5.41, 5.74) is 2.66. The van der Waals surface area contributed by atoms with Gasteiger partial charge in [-0.3, -0.25) is 9.36 Å². The molecule has 0 saturated heterocycles. The van der Waals surface area contributed by atoms with Crippen molar-refractivity contribution < 1.29 is 0 Å². The lowest BCUT2D eigenvalue weighted by Gasteiger charge is -2.07. The normalized spacial score (nSPS) is 10.8. The minimum absolute atomic E-state index is 0.409. The van der Waals surface area contributed by atoms with Gasteiger partial charge < -0.3 is 10.6 Å². The zero-order valence-corrected chi connectivity index (χ0v) is 19.2. The van der Waals surface area contributed by atoms with Crippen molar-refractivity contribution in [2.45, 2.75) is 13.1 Å². The number of nitrogens with zero attached hydrogens (tertiary/aromatic N) is 4.